The van der Waals surface area contributed by atoms with Crippen molar-refractivity contribution >= 4 is 38.6 Å². The molecule has 0 radical (unpaired) electrons. The van der Waals surface area contributed by atoms with E-state index in [-0.39, 0.29) is 10.8 Å². The van der Waals surface area contributed by atoms with Crippen LogP contribution in [0.5, 0.6) is 0 Å². The van der Waals surface area contributed by atoms with Crippen LogP contribution in [0.4, 0.5) is 11.4 Å². The molecular formula is C49H45N2+. The third kappa shape index (κ3) is 5.38. The van der Waals surface area contributed by atoms with Crippen molar-refractivity contribution in [2.75, 3.05) is 19.0 Å². The van der Waals surface area contributed by atoms with E-state index in [1.807, 2.05) is 0 Å². The number of hydrogen-bond donors (Lipinski definition) is 0. The molecule has 6 aromatic rings. The summed E-state index contributed by atoms with van der Waals surface area (Å²) in [5.41, 5.74) is 9.95. The number of nitrogens with zero attached hydrogens (tertiary/aromatic N) is 2. The number of fused-ring (bicyclic) bond motifs is 5. The van der Waals surface area contributed by atoms with Gasteiger partial charge >= 0.3 is 0 Å². The van der Waals surface area contributed by atoms with Gasteiger partial charge < -0.3 is 4.90 Å². The predicted octanol–water partition coefficient (Wildman–Crippen LogP) is 11.4. The summed E-state index contributed by atoms with van der Waals surface area (Å²) in [5.74, 6) is 0. The molecule has 2 nitrogen and oxygen atoms in total. The van der Waals surface area contributed by atoms with E-state index < -0.39 is 0 Å². The number of likely N-dealkylation sites (N-methyl/N-ethyl adjacent to an activating group) is 1. The zero-order valence-electron chi connectivity index (χ0n) is 29.7. The van der Waals surface area contributed by atoms with Crippen molar-refractivity contribution in [3.8, 4) is 0 Å². The van der Waals surface area contributed by atoms with Crippen LogP contribution in [-0.2, 0) is 23.7 Å². The van der Waals surface area contributed by atoms with E-state index in [2.05, 4.69) is 201 Å². The van der Waals surface area contributed by atoms with E-state index in [1.165, 1.54) is 66.6 Å². The van der Waals surface area contributed by atoms with Gasteiger partial charge in [-0.2, -0.15) is 4.58 Å². The van der Waals surface area contributed by atoms with E-state index in [1.54, 1.807) is 0 Å². The highest BCUT2D eigenvalue weighted by Crippen LogP contribution is 2.53. The summed E-state index contributed by atoms with van der Waals surface area (Å²) in [7, 11) is 4.47. The Hall–Kier alpha value is -5.73. The van der Waals surface area contributed by atoms with Gasteiger partial charge in [-0.25, -0.2) is 0 Å². The monoisotopic (exact) mass is 661 g/mol. The van der Waals surface area contributed by atoms with Crippen LogP contribution in [0.3, 0.4) is 0 Å². The summed E-state index contributed by atoms with van der Waals surface area (Å²) in [6, 6.07) is 48.8. The average Bonchev–Trinajstić information content (AvgIpc) is 3.51. The fourth-order valence-electron chi connectivity index (χ4n) is 9.18. The van der Waals surface area contributed by atoms with Gasteiger partial charge in [-0.15, -0.1) is 13.2 Å². The maximum Gasteiger partial charge on any atom is 0.210 e. The summed E-state index contributed by atoms with van der Waals surface area (Å²) in [6.45, 7) is 8.62. The van der Waals surface area contributed by atoms with Gasteiger partial charge in [0, 0.05) is 41.6 Å². The minimum Gasteiger partial charge on any atom is -0.347 e. The van der Waals surface area contributed by atoms with Crippen molar-refractivity contribution in [2.45, 2.75) is 36.5 Å². The third-order valence-electron chi connectivity index (χ3n) is 11.4. The molecule has 0 saturated carbocycles. The number of benzene rings is 6. The quantitative estimate of drug-likeness (QED) is 0.105. The van der Waals surface area contributed by atoms with Crippen molar-refractivity contribution < 1.29 is 4.58 Å². The van der Waals surface area contributed by atoms with Gasteiger partial charge in [-0.1, -0.05) is 127 Å². The van der Waals surface area contributed by atoms with Crippen molar-refractivity contribution in [1.82, 2.24) is 0 Å². The smallest absolute Gasteiger partial charge is 0.210 e. The maximum atomic E-state index is 4.32. The van der Waals surface area contributed by atoms with Crippen LogP contribution < -0.4 is 4.90 Å². The molecule has 2 unspecified atom stereocenters. The summed E-state index contributed by atoms with van der Waals surface area (Å²) >= 11 is 0. The van der Waals surface area contributed by atoms with Crippen LogP contribution in [-0.4, -0.2) is 24.4 Å². The molecule has 51 heavy (non-hydrogen) atoms. The lowest BCUT2D eigenvalue weighted by molar-refractivity contribution is -0.401. The van der Waals surface area contributed by atoms with Crippen molar-refractivity contribution in [3.05, 3.63) is 205 Å². The molecule has 2 atom stereocenters. The number of rotatable bonds is 10. The molecule has 8 rings (SSSR count). The molecule has 0 saturated heterocycles. The van der Waals surface area contributed by atoms with E-state index in [4.69, 9.17) is 0 Å². The molecule has 6 aromatic carbocycles. The van der Waals surface area contributed by atoms with Crippen LogP contribution in [0, 0.1) is 0 Å². The van der Waals surface area contributed by atoms with Gasteiger partial charge in [0.25, 0.3) is 0 Å². The number of anilines is 1. The highest BCUT2D eigenvalue weighted by atomic mass is 15.2. The lowest BCUT2D eigenvalue weighted by atomic mass is 9.69. The van der Waals surface area contributed by atoms with Crippen LogP contribution >= 0.6 is 0 Å². The Kier molecular flexibility index (Phi) is 8.40. The Morgan fingerprint density at radius 2 is 1.22 bits per heavy atom. The Bertz CT molecular complexity index is 2380. The minimum absolute atomic E-state index is 0.269. The van der Waals surface area contributed by atoms with Gasteiger partial charge in [0.1, 0.15) is 7.05 Å². The first-order valence-electron chi connectivity index (χ1n) is 18.1. The summed E-state index contributed by atoms with van der Waals surface area (Å²) in [6.07, 6.45) is 14.7. The fraction of sp³-hybridized carbons (Fsp3) is 0.163. The predicted molar refractivity (Wildman–Crippen MR) is 218 cm³/mol. The molecule has 0 amide bonds. The second-order valence-electron chi connectivity index (χ2n) is 14.3. The Labute approximate surface area is 302 Å². The lowest BCUT2D eigenvalue weighted by Crippen LogP contribution is -2.36. The van der Waals surface area contributed by atoms with Crippen LogP contribution in [0.25, 0.3) is 21.5 Å². The van der Waals surface area contributed by atoms with Gasteiger partial charge in [0.15, 0.2) is 5.71 Å². The number of hydrogen-bond acceptors (Lipinski definition) is 1. The van der Waals surface area contributed by atoms with E-state index >= 15 is 0 Å². The maximum absolute atomic E-state index is 4.32. The molecule has 250 valence electrons. The standard InChI is InChI=1S/C49H45N2/c1-5-30-48(34-36-18-9-7-10-19-36)42-32-39-23-13-14-24-40(39)33-44(42)51(4)45(48)26-17-27-46-49(31-6-2,35-37-20-11-8-12-21-37)47-41-25-16-15-22-38(41)28-29-43(47)50(46)3/h5-29,32-33H,1-2,30-31,34-35H2,3-4H3/q+1. The van der Waals surface area contributed by atoms with Gasteiger partial charge in [0.05, 0.1) is 5.41 Å². The molecule has 2 heteroatoms. The molecular weight excluding hydrogens is 617 g/mol. The van der Waals surface area contributed by atoms with Crippen LogP contribution in [0.1, 0.15) is 35.1 Å². The van der Waals surface area contributed by atoms with Crippen LogP contribution in [0.2, 0.25) is 0 Å². The largest absolute Gasteiger partial charge is 0.347 e. The summed E-state index contributed by atoms with van der Waals surface area (Å²) in [5, 5.41) is 5.11. The Morgan fingerprint density at radius 1 is 0.647 bits per heavy atom. The van der Waals surface area contributed by atoms with E-state index in [0.29, 0.717) is 0 Å². The minimum atomic E-state index is -0.284. The van der Waals surface area contributed by atoms with Crippen molar-refractivity contribution in [1.29, 1.82) is 0 Å². The summed E-state index contributed by atoms with van der Waals surface area (Å²) < 4.78 is 2.42. The van der Waals surface area contributed by atoms with Crippen molar-refractivity contribution in [2.24, 2.45) is 0 Å². The van der Waals surface area contributed by atoms with E-state index in [0.717, 1.165) is 25.7 Å². The highest BCUT2D eigenvalue weighted by molar-refractivity contribution is 6.08. The topological polar surface area (TPSA) is 6.25 Å². The SMILES string of the molecule is C=CCC1(Cc2ccccc2)C(/C=C/C=C2/N(C)c3cc4ccccc4cc3C2(CC=C)Cc2ccccc2)=[N+](C)c2ccc3ccccc3c21. The molecule has 0 N–H and O–H groups in total. The lowest BCUT2D eigenvalue weighted by Gasteiger charge is -2.32. The summed E-state index contributed by atoms with van der Waals surface area (Å²) in [4.78, 5) is 2.42. The third-order valence-corrected chi connectivity index (χ3v) is 11.4. The molecule has 0 spiro atoms. The molecule has 0 fully saturated rings. The second-order valence-corrected chi connectivity index (χ2v) is 14.3. The van der Waals surface area contributed by atoms with Gasteiger partial charge in [-0.3, -0.25) is 0 Å². The van der Waals surface area contributed by atoms with E-state index in [9.17, 15) is 0 Å². The normalized spacial score (nSPS) is 20.4. The first-order valence-corrected chi connectivity index (χ1v) is 18.1. The molecule has 2 heterocycles. The molecule has 0 aliphatic carbocycles. The zero-order valence-corrected chi connectivity index (χ0v) is 29.7. The van der Waals surface area contributed by atoms with Gasteiger partial charge in [0.2, 0.25) is 5.69 Å². The number of allylic oxidation sites excluding steroid dienone is 6. The first-order chi connectivity index (χ1) is 25.0. The Morgan fingerprint density at radius 3 is 1.88 bits per heavy atom. The Balaban J connectivity index is 1.31. The molecule has 2 aliphatic heterocycles. The first kappa shape index (κ1) is 32.5. The fourth-order valence-corrected chi connectivity index (χ4v) is 9.18. The average molecular weight is 662 g/mol. The van der Waals surface area contributed by atoms with Crippen molar-refractivity contribution in [3.63, 3.8) is 0 Å². The molecule has 2 aliphatic rings. The van der Waals surface area contributed by atoms with Crippen LogP contribution in [0.15, 0.2) is 183 Å². The van der Waals surface area contributed by atoms with Gasteiger partial charge in [-0.05, 0) is 88.2 Å². The molecule has 0 aromatic heterocycles. The zero-order chi connectivity index (χ0) is 35.0. The highest BCUT2D eigenvalue weighted by Gasteiger charge is 2.50. The second kappa shape index (κ2) is 13.2. The molecule has 0 bridgehead atoms.